The number of rotatable bonds is 5. The molecule has 0 saturated carbocycles. The molecule has 0 aliphatic carbocycles. The van der Waals surface area contributed by atoms with Gasteiger partial charge in [-0.25, -0.2) is 0 Å². The number of carbonyl (C=O) groups excluding carboxylic acids is 1. The molecular formula is C13H20N2O2S2. The van der Waals surface area contributed by atoms with E-state index in [1.807, 2.05) is 36.3 Å². The van der Waals surface area contributed by atoms with E-state index in [0.717, 1.165) is 11.3 Å². The Hall–Kier alpha value is -0.720. The van der Waals surface area contributed by atoms with Crippen LogP contribution in [0.3, 0.4) is 0 Å². The van der Waals surface area contributed by atoms with Gasteiger partial charge in [0.25, 0.3) is 0 Å². The van der Waals surface area contributed by atoms with Crippen LogP contribution in [0.4, 0.5) is 0 Å². The molecule has 1 fully saturated rings. The number of hydrogen-bond acceptors (Lipinski definition) is 4. The minimum absolute atomic E-state index is 0.0278. The Kier molecular flexibility index (Phi) is 4.76. The van der Waals surface area contributed by atoms with Gasteiger partial charge in [-0.3, -0.25) is 14.3 Å². The van der Waals surface area contributed by atoms with Gasteiger partial charge < -0.3 is 4.90 Å². The fourth-order valence-electron chi connectivity index (χ4n) is 2.18. The SMILES string of the molecule is CC1NC(c2cccs2)N(CCC(C)S(C)=O)C1=O. The summed E-state index contributed by atoms with van der Waals surface area (Å²) in [6.45, 7) is 4.51. The summed E-state index contributed by atoms with van der Waals surface area (Å²) in [5.74, 6) is 0.132. The lowest BCUT2D eigenvalue weighted by molar-refractivity contribution is -0.129. The molecule has 4 nitrogen and oxygen atoms in total. The minimum atomic E-state index is -0.834. The quantitative estimate of drug-likeness (QED) is 0.901. The third-order valence-corrected chi connectivity index (χ3v) is 5.82. The molecule has 4 unspecified atom stereocenters. The highest BCUT2D eigenvalue weighted by molar-refractivity contribution is 7.84. The molecule has 1 aliphatic heterocycles. The normalized spacial score (nSPS) is 26.7. The molecule has 1 amide bonds. The molecule has 0 aromatic carbocycles. The standard InChI is InChI=1S/C13H20N2O2S2/c1-9(19(3)17)6-7-15-12(11-5-4-8-18-11)14-10(2)13(15)16/h4-5,8-10,12,14H,6-7H2,1-3H3. The van der Waals surface area contributed by atoms with Crippen molar-refractivity contribution < 1.29 is 9.00 Å². The highest BCUT2D eigenvalue weighted by atomic mass is 32.2. The summed E-state index contributed by atoms with van der Waals surface area (Å²) < 4.78 is 11.4. The smallest absolute Gasteiger partial charge is 0.241 e. The van der Waals surface area contributed by atoms with Crippen LogP contribution in [0.15, 0.2) is 17.5 Å². The highest BCUT2D eigenvalue weighted by Crippen LogP contribution is 2.28. The first kappa shape index (κ1) is 14.7. The molecule has 2 heterocycles. The van der Waals surface area contributed by atoms with E-state index in [9.17, 15) is 9.00 Å². The second kappa shape index (κ2) is 6.15. The van der Waals surface area contributed by atoms with Crippen molar-refractivity contribution in [1.82, 2.24) is 10.2 Å². The maximum Gasteiger partial charge on any atom is 0.241 e. The maximum absolute atomic E-state index is 12.2. The number of hydrogen-bond donors (Lipinski definition) is 1. The van der Waals surface area contributed by atoms with Gasteiger partial charge in [-0.1, -0.05) is 13.0 Å². The molecule has 4 atom stereocenters. The van der Waals surface area contributed by atoms with Crippen molar-refractivity contribution in [3.05, 3.63) is 22.4 Å². The number of nitrogens with zero attached hydrogens (tertiary/aromatic N) is 1. The van der Waals surface area contributed by atoms with Crippen LogP contribution in [0.2, 0.25) is 0 Å². The Morgan fingerprint density at radius 3 is 2.89 bits per heavy atom. The van der Waals surface area contributed by atoms with Crippen LogP contribution in [0.5, 0.6) is 0 Å². The van der Waals surface area contributed by atoms with Gasteiger partial charge in [0.05, 0.1) is 6.04 Å². The number of thiophene rings is 1. The summed E-state index contributed by atoms with van der Waals surface area (Å²) in [7, 11) is -0.834. The molecule has 2 rings (SSSR count). The first-order valence-corrected chi connectivity index (χ1v) is 8.93. The fourth-order valence-corrected chi connectivity index (χ4v) is 3.42. The highest BCUT2D eigenvalue weighted by Gasteiger charge is 2.37. The molecule has 1 aromatic heterocycles. The van der Waals surface area contributed by atoms with Crippen LogP contribution < -0.4 is 5.32 Å². The lowest BCUT2D eigenvalue weighted by Gasteiger charge is -2.24. The van der Waals surface area contributed by atoms with E-state index in [-0.39, 0.29) is 23.4 Å². The summed E-state index contributed by atoms with van der Waals surface area (Å²) in [6, 6.07) is 3.90. The Bertz CT molecular complexity index is 461. The summed E-state index contributed by atoms with van der Waals surface area (Å²) in [5.41, 5.74) is 0. The Morgan fingerprint density at radius 1 is 1.58 bits per heavy atom. The Morgan fingerprint density at radius 2 is 2.32 bits per heavy atom. The average molecular weight is 300 g/mol. The molecule has 0 spiro atoms. The fraction of sp³-hybridized carbons (Fsp3) is 0.615. The predicted octanol–water partition coefficient (Wildman–Crippen LogP) is 1.72. The summed E-state index contributed by atoms with van der Waals surface area (Å²) >= 11 is 1.65. The van der Waals surface area contributed by atoms with Gasteiger partial charge in [0.1, 0.15) is 6.17 Å². The second-order valence-corrected chi connectivity index (χ2v) is 7.72. The van der Waals surface area contributed by atoms with E-state index in [0.29, 0.717) is 6.54 Å². The van der Waals surface area contributed by atoms with Crippen molar-refractivity contribution in [2.24, 2.45) is 0 Å². The number of amides is 1. The molecular weight excluding hydrogens is 280 g/mol. The van der Waals surface area contributed by atoms with Gasteiger partial charge in [-0.05, 0) is 24.8 Å². The molecule has 19 heavy (non-hydrogen) atoms. The van der Waals surface area contributed by atoms with Gasteiger partial charge in [0, 0.05) is 33.7 Å². The molecule has 0 radical (unpaired) electrons. The predicted molar refractivity (Wildman–Crippen MR) is 79.5 cm³/mol. The van der Waals surface area contributed by atoms with Gasteiger partial charge in [0.2, 0.25) is 5.91 Å². The zero-order chi connectivity index (χ0) is 14.0. The maximum atomic E-state index is 12.2. The van der Waals surface area contributed by atoms with Gasteiger partial charge in [-0.2, -0.15) is 0 Å². The van der Waals surface area contributed by atoms with E-state index in [4.69, 9.17) is 0 Å². The molecule has 0 bridgehead atoms. The van der Waals surface area contributed by atoms with Crippen LogP contribution in [0, 0.1) is 0 Å². The Balaban J connectivity index is 2.06. The van der Waals surface area contributed by atoms with E-state index < -0.39 is 10.8 Å². The minimum Gasteiger partial charge on any atom is -0.321 e. The van der Waals surface area contributed by atoms with E-state index in [2.05, 4.69) is 5.32 Å². The average Bonchev–Trinajstić information content (AvgIpc) is 2.97. The molecule has 6 heteroatoms. The lowest BCUT2D eigenvalue weighted by Crippen LogP contribution is -2.33. The summed E-state index contributed by atoms with van der Waals surface area (Å²) in [4.78, 5) is 15.2. The van der Waals surface area contributed by atoms with Crippen LogP contribution >= 0.6 is 11.3 Å². The topological polar surface area (TPSA) is 49.4 Å². The van der Waals surface area contributed by atoms with Crippen LogP contribution in [0.1, 0.15) is 31.3 Å². The number of nitrogens with one attached hydrogen (secondary N) is 1. The molecule has 1 saturated heterocycles. The van der Waals surface area contributed by atoms with Crippen molar-refractivity contribution >= 4 is 28.0 Å². The third-order valence-electron chi connectivity index (χ3n) is 3.53. The van der Waals surface area contributed by atoms with Gasteiger partial charge in [0.15, 0.2) is 0 Å². The zero-order valence-electron chi connectivity index (χ0n) is 11.5. The van der Waals surface area contributed by atoms with Crippen molar-refractivity contribution in [3.63, 3.8) is 0 Å². The van der Waals surface area contributed by atoms with Crippen LogP contribution in [0.25, 0.3) is 0 Å². The van der Waals surface area contributed by atoms with Crippen molar-refractivity contribution in [3.8, 4) is 0 Å². The van der Waals surface area contributed by atoms with E-state index in [1.165, 1.54) is 0 Å². The molecule has 1 aromatic rings. The molecule has 106 valence electrons. The summed E-state index contributed by atoms with van der Waals surface area (Å²) in [6.07, 6.45) is 2.46. The van der Waals surface area contributed by atoms with Crippen molar-refractivity contribution in [1.29, 1.82) is 0 Å². The van der Waals surface area contributed by atoms with Crippen molar-refractivity contribution in [2.75, 3.05) is 12.8 Å². The number of carbonyl (C=O) groups is 1. The third kappa shape index (κ3) is 3.24. The van der Waals surface area contributed by atoms with E-state index >= 15 is 0 Å². The first-order chi connectivity index (χ1) is 9.00. The largest absolute Gasteiger partial charge is 0.321 e. The van der Waals surface area contributed by atoms with Crippen molar-refractivity contribution in [2.45, 2.75) is 37.7 Å². The summed E-state index contributed by atoms with van der Waals surface area (Å²) in [5, 5.41) is 5.46. The van der Waals surface area contributed by atoms with Crippen LogP contribution in [-0.2, 0) is 15.6 Å². The van der Waals surface area contributed by atoms with E-state index in [1.54, 1.807) is 17.6 Å². The first-order valence-electron chi connectivity index (χ1n) is 6.43. The second-order valence-electron chi connectivity index (χ2n) is 4.94. The van der Waals surface area contributed by atoms with Crippen LogP contribution in [-0.4, -0.2) is 39.1 Å². The van der Waals surface area contributed by atoms with Gasteiger partial charge in [-0.15, -0.1) is 11.3 Å². The Labute approximate surface area is 120 Å². The monoisotopic (exact) mass is 300 g/mol. The zero-order valence-corrected chi connectivity index (χ0v) is 13.1. The molecule has 1 aliphatic rings. The lowest BCUT2D eigenvalue weighted by atomic mass is 10.2. The molecule has 1 N–H and O–H groups in total. The van der Waals surface area contributed by atoms with Gasteiger partial charge >= 0.3 is 0 Å².